The summed E-state index contributed by atoms with van der Waals surface area (Å²) in [6.07, 6.45) is 0. The molecule has 0 atom stereocenters. The Morgan fingerprint density at radius 1 is 1.17 bits per heavy atom. The molecule has 124 valence electrons. The highest BCUT2D eigenvalue weighted by Crippen LogP contribution is 2.26. The quantitative estimate of drug-likeness (QED) is 0.847. The fourth-order valence-electron chi connectivity index (χ4n) is 2.35. The van der Waals surface area contributed by atoms with Crippen LogP contribution in [-0.2, 0) is 4.79 Å². The topological polar surface area (TPSA) is 65.8 Å². The van der Waals surface area contributed by atoms with Crippen LogP contribution in [0.4, 0.5) is 5.69 Å². The van der Waals surface area contributed by atoms with Gasteiger partial charge in [-0.3, -0.25) is 4.79 Å². The summed E-state index contributed by atoms with van der Waals surface area (Å²) in [5.41, 5.74) is 6.43. The number of thioether (sulfide) groups is 1. The van der Waals surface area contributed by atoms with Crippen molar-refractivity contribution >= 4 is 23.4 Å². The molecule has 1 aromatic carbocycles. The molecule has 24 heavy (non-hydrogen) atoms. The molecule has 0 aliphatic rings. The van der Waals surface area contributed by atoms with Crippen molar-refractivity contribution < 1.29 is 4.79 Å². The first-order chi connectivity index (χ1) is 11.3. The van der Waals surface area contributed by atoms with Gasteiger partial charge in [-0.05, 0) is 62.9 Å². The highest BCUT2D eigenvalue weighted by Gasteiger charge is 2.14. The second kappa shape index (κ2) is 7.50. The van der Waals surface area contributed by atoms with Crippen LogP contribution in [0.5, 0.6) is 0 Å². The van der Waals surface area contributed by atoms with Gasteiger partial charge in [0.05, 0.1) is 11.3 Å². The van der Waals surface area contributed by atoms with Crippen LogP contribution in [0, 0.1) is 45.9 Å². The van der Waals surface area contributed by atoms with Crippen LogP contribution in [0.15, 0.2) is 23.2 Å². The number of nitrogens with one attached hydrogen (secondary N) is 1. The highest BCUT2D eigenvalue weighted by atomic mass is 32.2. The van der Waals surface area contributed by atoms with Crippen molar-refractivity contribution in [3.05, 3.63) is 51.7 Å². The molecule has 0 spiro atoms. The number of nitriles is 1. The van der Waals surface area contributed by atoms with Gasteiger partial charge < -0.3 is 5.32 Å². The first kappa shape index (κ1) is 18.0. The molecule has 0 saturated carbocycles. The smallest absolute Gasteiger partial charge is 0.234 e. The van der Waals surface area contributed by atoms with Crippen molar-refractivity contribution in [1.29, 1.82) is 5.26 Å². The van der Waals surface area contributed by atoms with E-state index in [1.807, 2.05) is 52.8 Å². The molecule has 5 heteroatoms. The summed E-state index contributed by atoms with van der Waals surface area (Å²) in [6.45, 7) is 9.80. The Hall–Kier alpha value is -2.32. The number of carbonyl (C=O) groups is 1. The van der Waals surface area contributed by atoms with Crippen molar-refractivity contribution in [2.24, 2.45) is 0 Å². The molecule has 0 saturated heterocycles. The number of benzene rings is 1. The number of carbonyl (C=O) groups excluding carboxylic acids is 1. The third kappa shape index (κ3) is 3.77. The van der Waals surface area contributed by atoms with Gasteiger partial charge in [0.25, 0.3) is 0 Å². The van der Waals surface area contributed by atoms with E-state index in [1.165, 1.54) is 11.8 Å². The third-order valence-corrected chi connectivity index (χ3v) is 5.27. The minimum Gasteiger partial charge on any atom is -0.325 e. The number of hydrogen-bond donors (Lipinski definition) is 1. The number of pyridine rings is 1. The van der Waals surface area contributed by atoms with Crippen molar-refractivity contribution in [2.45, 2.75) is 39.6 Å². The average molecular weight is 339 g/mol. The molecule has 4 nitrogen and oxygen atoms in total. The first-order valence-electron chi connectivity index (χ1n) is 7.72. The van der Waals surface area contributed by atoms with E-state index < -0.39 is 0 Å². The number of aryl methyl sites for hydroxylation is 2. The van der Waals surface area contributed by atoms with Gasteiger partial charge in [-0.15, -0.1) is 0 Å². The third-order valence-electron chi connectivity index (χ3n) is 4.29. The fraction of sp³-hybridized carbons (Fsp3) is 0.316. The van der Waals surface area contributed by atoms with Crippen molar-refractivity contribution in [3.8, 4) is 6.07 Å². The van der Waals surface area contributed by atoms with Crippen molar-refractivity contribution in [2.75, 3.05) is 11.1 Å². The number of nitrogens with zero attached hydrogens (tertiary/aromatic N) is 2. The molecule has 1 heterocycles. The van der Waals surface area contributed by atoms with Gasteiger partial charge in [-0.2, -0.15) is 5.26 Å². The zero-order chi connectivity index (χ0) is 17.9. The molecule has 0 aliphatic heterocycles. The van der Waals surface area contributed by atoms with Gasteiger partial charge in [-0.25, -0.2) is 4.98 Å². The Bertz CT molecular complexity index is 837. The lowest BCUT2D eigenvalue weighted by Gasteiger charge is -2.12. The standard InChI is InChI=1S/C19H21N3OS/c1-11-7-6-8-17(12(11)2)22-18(23)10-24-19-16(9-20)14(4)13(3)15(5)21-19/h6-8H,10H2,1-5H3,(H,22,23). The molecule has 0 unspecified atom stereocenters. The molecular formula is C19H21N3OS. The van der Waals surface area contributed by atoms with Gasteiger partial charge in [0, 0.05) is 11.4 Å². The van der Waals surface area contributed by atoms with Gasteiger partial charge in [-0.1, -0.05) is 23.9 Å². The number of hydrogen-bond acceptors (Lipinski definition) is 4. The van der Waals surface area contributed by atoms with E-state index in [0.29, 0.717) is 10.6 Å². The lowest BCUT2D eigenvalue weighted by molar-refractivity contribution is -0.113. The maximum Gasteiger partial charge on any atom is 0.234 e. The van der Waals surface area contributed by atoms with Gasteiger partial charge in [0.2, 0.25) is 5.91 Å². The maximum atomic E-state index is 12.2. The Morgan fingerprint density at radius 3 is 2.54 bits per heavy atom. The largest absolute Gasteiger partial charge is 0.325 e. The van der Waals surface area contributed by atoms with E-state index in [4.69, 9.17) is 0 Å². The molecule has 1 N–H and O–H groups in total. The van der Waals surface area contributed by atoms with Crippen LogP contribution in [0.1, 0.15) is 33.5 Å². The number of rotatable bonds is 4. The molecule has 2 aromatic rings. The van der Waals surface area contributed by atoms with E-state index in [9.17, 15) is 10.1 Å². The summed E-state index contributed by atoms with van der Waals surface area (Å²) in [6, 6.07) is 8.04. The molecule has 0 radical (unpaired) electrons. The molecule has 0 fully saturated rings. The highest BCUT2D eigenvalue weighted by molar-refractivity contribution is 8.00. The summed E-state index contributed by atoms with van der Waals surface area (Å²) in [4.78, 5) is 16.7. The van der Waals surface area contributed by atoms with E-state index >= 15 is 0 Å². The molecule has 1 amide bonds. The zero-order valence-electron chi connectivity index (χ0n) is 14.7. The van der Waals surface area contributed by atoms with Gasteiger partial charge in [0.1, 0.15) is 11.1 Å². The summed E-state index contributed by atoms with van der Waals surface area (Å²) >= 11 is 1.30. The van der Waals surface area contributed by atoms with E-state index in [-0.39, 0.29) is 11.7 Å². The number of amides is 1. The monoisotopic (exact) mass is 339 g/mol. The summed E-state index contributed by atoms with van der Waals surface area (Å²) < 4.78 is 0. The Balaban J connectivity index is 2.13. The molecule has 0 bridgehead atoms. The Labute approximate surface area is 147 Å². The van der Waals surface area contributed by atoms with E-state index in [2.05, 4.69) is 16.4 Å². The summed E-state index contributed by atoms with van der Waals surface area (Å²) in [5.74, 6) is 0.118. The molecule has 2 rings (SSSR count). The summed E-state index contributed by atoms with van der Waals surface area (Å²) in [5, 5.41) is 12.9. The van der Waals surface area contributed by atoms with Crippen LogP contribution in [0.2, 0.25) is 0 Å². The minimum atomic E-state index is -0.102. The van der Waals surface area contributed by atoms with Gasteiger partial charge >= 0.3 is 0 Å². The number of anilines is 1. The van der Waals surface area contributed by atoms with Crippen LogP contribution < -0.4 is 5.32 Å². The number of aromatic nitrogens is 1. The van der Waals surface area contributed by atoms with Crippen LogP contribution in [0.3, 0.4) is 0 Å². The van der Waals surface area contributed by atoms with E-state index in [0.717, 1.165) is 33.6 Å². The fourth-order valence-corrected chi connectivity index (χ4v) is 3.24. The minimum absolute atomic E-state index is 0.102. The second-order valence-corrected chi connectivity index (χ2v) is 6.79. The lowest BCUT2D eigenvalue weighted by Crippen LogP contribution is -2.15. The molecule has 0 aliphatic carbocycles. The van der Waals surface area contributed by atoms with Crippen LogP contribution in [0.25, 0.3) is 0 Å². The SMILES string of the molecule is Cc1cccc(NC(=O)CSc2nc(C)c(C)c(C)c2C#N)c1C. The predicted molar refractivity (Wildman–Crippen MR) is 98.4 cm³/mol. The van der Waals surface area contributed by atoms with Gasteiger partial charge in [0.15, 0.2) is 0 Å². The Morgan fingerprint density at radius 2 is 1.88 bits per heavy atom. The second-order valence-electron chi connectivity index (χ2n) is 5.82. The maximum absolute atomic E-state index is 12.2. The van der Waals surface area contributed by atoms with Crippen molar-refractivity contribution in [3.63, 3.8) is 0 Å². The molecule has 1 aromatic heterocycles. The Kier molecular flexibility index (Phi) is 5.63. The molecular weight excluding hydrogens is 318 g/mol. The van der Waals surface area contributed by atoms with E-state index in [1.54, 1.807) is 0 Å². The first-order valence-corrected chi connectivity index (χ1v) is 8.70. The normalized spacial score (nSPS) is 10.3. The average Bonchev–Trinajstić information content (AvgIpc) is 2.55. The van der Waals surface area contributed by atoms with Crippen molar-refractivity contribution in [1.82, 2.24) is 4.98 Å². The summed E-state index contributed by atoms with van der Waals surface area (Å²) in [7, 11) is 0. The van der Waals surface area contributed by atoms with Crippen LogP contribution >= 0.6 is 11.8 Å². The zero-order valence-corrected chi connectivity index (χ0v) is 15.5. The predicted octanol–water partition coefficient (Wildman–Crippen LogP) is 4.23. The van der Waals surface area contributed by atoms with Crippen LogP contribution in [-0.4, -0.2) is 16.6 Å². The lowest BCUT2D eigenvalue weighted by atomic mass is 10.1.